The Morgan fingerprint density at radius 1 is 1.18 bits per heavy atom. The van der Waals surface area contributed by atoms with Crippen LogP contribution in [0.2, 0.25) is 0 Å². The SMILES string of the molecule is CC(C)COc1ccc(-n2nnnc2C(F)(F)F)cc1CNC1CCCNC1c1ccccc1. The molecular formula is C24H29F3N6O. The molecule has 3 aromatic rings. The largest absolute Gasteiger partial charge is 0.493 e. The van der Waals surface area contributed by atoms with Gasteiger partial charge in [0.1, 0.15) is 5.75 Å². The average molecular weight is 475 g/mol. The van der Waals surface area contributed by atoms with Gasteiger partial charge < -0.3 is 15.4 Å². The number of nitrogens with zero attached hydrogens (tertiary/aromatic N) is 4. The van der Waals surface area contributed by atoms with Crippen molar-refractivity contribution >= 4 is 0 Å². The minimum Gasteiger partial charge on any atom is -0.493 e. The molecule has 0 saturated carbocycles. The fourth-order valence-electron chi connectivity index (χ4n) is 4.13. The van der Waals surface area contributed by atoms with E-state index in [2.05, 4.69) is 38.3 Å². The molecule has 4 rings (SSSR count). The number of piperidine rings is 1. The zero-order chi connectivity index (χ0) is 24.1. The molecular weight excluding hydrogens is 445 g/mol. The van der Waals surface area contributed by atoms with Gasteiger partial charge in [-0.15, -0.1) is 5.10 Å². The summed E-state index contributed by atoms with van der Waals surface area (Å²) in [6.07, 6.45) is -2.64. The van der Waals surface area contributed by atoms with E-state index in [1.807, 2.05) is 32.0 Å². The van der Waals surface area contributed by atoms with Gasteiger partial charge in [0.2, 0.25) is 0 Å². The summed E-state index contributed by atoms with van der Waals surface area (Å²) < 4.78 is 46.7. The van der Waals surface area contributed by atoms with Crippen LogP contribution in [0.3, 0.4) is 0 Å². The van der Waals surface area contributed by atoms with Gasteiger partial charge in [-0.05, 0) is 59.5 Å². The van der Waals surface area contributed by atoms with Crippen molar-refractivity contribution in [2.75, 3.05) is 13.2 Å². The summed E-state index contributed by atoms with van der Waals surface area (Å²) in [4.78, 5) is 0. The lowest BCUT2D eigenvalue weighted by Crippen LogP contribution is -2.45. The van der Waals surface area contributed by atoms with Gasteiger partial charge in [-0.2, -0.15) is 17.9 Å². The van der Waals surface area contributed by atoms with Gasteiger partial charge in [-0.25, -0.2) is 0 Å². The Hall–Kier alpha value is -2.98. The van der Waals surface area contributed by atoms with E-state index >= 15 is 0 Å². The molecule has 182 valence electrons. The van der Waals surface area contributed by atoms with Crippen LogP contribution >= 0.6 is 0 Å². The molecule has 0 spiro atoms. The van der Waals surface area contributed by atoms with E-state index in [1.165, 1.54) is 5.56 Å². The zero-order valence-electron chi connectivity index (χ0n) is 19.2. The Labute approximate surface area is 196 Å². The van der Waals surface area contributed by atoms with Crippen LogP contribution in [-0.4, -0.2) is 39.4 Å². The fourth-order valence-corrected chi connectivity index (χ4v) is 4.13. The van der Waals surface area contributed by atoms with E-state index in [9.17, 15) is 13.2 Å². The lowest BCUT2D eigenvalue weighted by molar-refractivity contribution is -0.146. The number of aromatic nitrogens is 4. The highest BCUT2D eigenvalue weighted by atomic mass is 19.4. The molecule has 2 atom stereocenters. The Bertz CT molecular complexity index is 1070. The smallest absolute Gasteiger partial charge is 0.453 e. The zero-order valence-corrected chi connectivity index (χ0v) is 19.2. The van der Waals surface area contributed by atoms with Crippen LogP contribution in [-0.2, 0) is 12.7 Å². The maximum absolute atomic E-state index is 13.3. The highest BCUT2D eigenvalue weighted by Crippen LogP contribution is 2.30. The number of alkyl halides is 3. The van der Waals surface area contributed by atoms with Gasteiger partial charge in [0, 0.05) is 24.2 Å². The monoisotopic (exact) mass is 474 g/mol. The van der Waals surface area contributed by atoms with Crippen molar-refractivity contribution in [3.05, 3.63) is 65.5 Å². The van der Waals surface area contributed by atoms with Crippen molar-refractivity contribution < 1.29 is 17.9 Å². The molecule has 0 aliphatic carbocycles. The molecule has 0 amide bonds. The first-order chi connectivity index (χ1) is 16.3. The Morgan fingerprint density at radius 2 is 1.97 bits per heavy atom. The molecule has 2 N–H and O–H groups in total. The van der Waals surface area contributed by atoms with E-state index in [0.717, 1.165) is 24.9 Å². The second-order valence-corrected chi connectivity index (χ2v) is 8.88. The Morgan fingerprint density at radius 3 is 2.71 bits per heavy atom. The number of hydrogen-bond donors (Lipinski definition) is 2. The van der Waals surface area contributed by atoms with E-state index in [4.69, 9.17) is 4.74 Å². The topological polar surface area (TPSA) is 76.9 Å². The Balaban J connectivity index is 1.59. The summed E-state index contributed by atoms with van der Waals surface area (Å²) in [6.45, 7) is 5.96. The van der Waals surface area contributed by atoms with Crippen molar-refractivity contribution in [1.29, 1.82) is 0 Å². The van der Waals surface area contributed by atoms with Gasteiger partial charge in [0.15, 0.2) is 0 Å². The number of rotatable bonds is 8. The number of nitrogens with one attached hydrogen (secondary N) is 2. The van der Waals surface area contributed by atoms with Crippen molar-refractivity contribution in [1.82, 2.24) is 30.8 Å². The maximum Gasteiger partial charge on any atom is 0.453 e. The summed E-state index contributed by atoms with van der Waals surface area (Å²) in [5, 5.41) is 17.1. The van der Waals surface area contributed by atoms with Gasteiger partial charge in [0.25, 0.3) is 5.82 Å². The van der Waals surface area contributed by atoms with Crippen LogP contribution in [0.5, 0.6) is 5.75 Å². The highest BCUT2D eigenvalue weighted by Gasteiger charge is 2.38. The number of halogens is 3. The third kappa shape index (κ3) is 5.74. The molecule has 7 nitrogen and oxygen atoms in total. The maximum atomic E-state index is 13.3. The number of ether oxygens (including phenoxy) is 1. The van der Waals surface area contributed by atoms with Gasteiger partial charge in [-0.1, -0.05) is 44.2 Å². The Kier molecular flexibility index (Phi) is 7.47. The third-order valence-electron chi connectivity index (χ3n) is 5.76. The van der Waals surface area contributed by atoms with Crippen LogP contribution in [0.4, 0.5) is 13.2 Å². The minimum absolute atomic E-state index is 0.148. The molecule has 2 heterocycles. The second kappa shape index (κ2) is 10.5. The quantitative estimate of drug-likeness (QED) is 0.507. The minimum atomic E-state index is -4.66. The van der Waals surface area contributed by atoms with Crippen LogP contribution < -0.4 is 15.4 Å². The van der Waals surface area contributed by atoms with Crippen LogP contribution in [0, 0.1) is 5.92 Å². The van der Waals surface area contributed by atoms with E-state index in [-0.39, 0.29) is 17.8 Å². The van der Waals surface area contributed by atoms with E-state index in [0.29, 0.717) is 29.5 Å². The molecule has 34 heavy (non-hydrogen) atoms. The second-order valence-electron chi connectivity index (χ2n) is 8.88. The van der Waals surface area contributed by atoms with Crippen molar-refractivity contribution in [3.63, 3.8) is 0 Å². The first-order valence-electron chi connectivity index (χ1n) is 11.5. The van der Waals surface area contributed by atoms with Crippen molar-refractivity contribution in [3.8, 4) is 11.4 Å². The van der Waals surface area contributed by atoms with Gasteiger partial charge in [0.05, 0.1) is 12.3 Å². The highest BCUT2D eigenvalue weighted by molar-refractivity contribution is 5.44. The number of benzene rings is 2. The lowest BCUT2D eigenvalue weighted by Gasteiger charge is -2.34. The summed E-state index contributed by atoms with van der Waals surface area (Å²) >= 11 is 0. The van der Waals surface area contributed by atoms with E-state index in [1.54, 1.807) is 18.2 Å². The summed E-state index contributed by atoms with van der Waals surface area (Å²) in [7, 11) is 0. The standard InChI is InChI=1S/C24H29F3N6O/c1-16(2)15-34-21-11-10-19(33-23(24(25,26)27)30-31-32-33)13-18(21)14-29-20-9-6-12-28-22(20)17-7-4-3-5-8-17/h3-5,7-8,10-11,13,16,20,22,28-29H,6,9,12,14-15H2,1-2H3. The molecule has 2 unspecified atom stereocenters. The van der Waals surface area contributed by atoms with Crippen LogP contribution in [0.15, 0.2) is 48.5 Å². The predicted molar refractivity (Wildman–Crippen MR) is 122 cm³/mol. The average Bonchev–Trinajstić information content (AvgIpc) is 3.33. The molecule has 10 heteroatoms. The van der Waals surface area contributed by atoms with Crippen molar-refractivity contribution in [2.24, 2.45) is 5.92 Å². The number of hydrogen-bond acceptors (Lipinski definition) is 6. The normalized spacial score (nSPS) is 18.9. The van der Waals surface area contributed by atoms with Crippen LogP contribution in [0.25, 0.3) is 5.69 Å². The molecule has 1 aliphatic rings. The van der Waals surface area contributed by atoms with Crippen LogP contribution in [0.1, 0.15) is 49.7 Å². The molecule has 0 radical (unpaired) electrons. The van der Waals surface area contributed by atoms with E-state index < -0.39 is 12.0 Å². The third-order valence-corrected chi connectivity index (χ3v) is 5.76. The van der Waals surface area contributed by atoms with Gasteiger partial charge in [-0.3, -0.25) is 0 Å². The number of tetrazole rings is 1. The molecule has 1 aliphatic heterocycles. The summed E-state index contributed by atoms with van der Waals surface area (Å²) in [6, 6.07) is 15.4. The lowest BCUT2D eigenvalue weighted by atomic mass is 9.92. The molecule has 1 fully saturated rings. The first-order valence-corrected chi connectivity index (χ1v) is 11.5. The first kappa shape index (κ1) is 24.2. The summed E-state index contributed by atoms with van der Waals surface area (Å²) in [5.41, 5.74) is 2.18. The van der Waals surface area contributed by atoms with Gasteiger partial charge >= 0.3 is 6.18 Å². The molecule has 0 bridgehead atoms. The predicted octanol–water partition coefficient (Wildman–Crippen LogP) is 4.30. The fraction of sp³-hybridized carbons (Fsp3) is 0.458. The molecule has 2 aromatic carbocycles. The molecule has 1 saturated heterocycles. The molecule has 1 aromatic heterocycles. The summed E-state index contributed by atoms with van der Waals surface area (Å²) in [5.74, 6) is -0.226. The van der Waals surface area contributed by atoms with Crippen molar-refractivity contribution in [2.45, 2.75) is 51.5 Å².